The second kappa shape index (κ2) is 11.5. The molecular formula is C32H51N5O3. The van der Waals surface area contributed by atoms with Crippen molar-refractivity contribution in [2.45, 2.75) is 77.0 Å². The molecular weight excluding hydrogens is 502 g/mol. The Balaban J connectivity index is 0.000000161. The number of hydrogen-bond donors (Lipinski definition) is 0. The number of urea groups is 2. The third-order valence-electron chi connectivity index (χ3n) is 11.8. The fourth-order valence-corrected chi connectivity index (χ4v) is 9.78. The van der Waals surface area contributed by atoms with E-state index < -0.39 is 0 Å². The summed E-state index contributed by atoms with van der Waals surface area (Å²) in [6.07, 6.45) is 15.5. The van der Waals surface area contributed by atoms with Gasteiger partial charge < -0.3 is 24.4 Å². The zero-order chi connectivity index (χ0) is 28.7. The number of nitriles is 1. The van der Waals surface area contributed by atoms with E-state index in [0.29, 0.717) is 35.5 Å². The second-order valence-electron chi connectivity index (χ2n) is 14.6. The highest BCUT2D eigenvalue weighted by Crippen LogP contribution is 2.57. The molecule has 4 amide bonds. The molecule has 0 aromatic heterocycles. The van der Waals surface area contributed by atoms with Crippen molar-refractivity contribution < 1.29 is 14.4 Å². The van der Waals surface area contributed by atoms with Crippen LogP contribution in [0.3, 0.4) is 0 Å². The van der Waals surface area contributed by atoms with E-state index in [0.717, 1.165) is 51.9 Å². The molecule has 4 unspecified atom stereocenters. The van der Waals surface area contributed by atoms with Gasteiger partial charge in [0.2, 0.25) is 0 Å². The number of amides is 4. The lowest BCUT2D eigenvalue weighted by Gasteiger charge is -2.32. The third-order valence-corrected chi connectivity index (χ3v) is 11.8. The Morgan fingerprint density at radius 1 is 0.700 bits per heavy atom. The van der Waals surface area contributed by atoms with Crippen LogP contribution in [0.1, 0.15) is 77.0 Å². The molecule has 0 aromatic rings. The molecule has 4 aliphatic carbocycles. The molecule has 0 aromatic carbocycles. The van der Waals surface area contributed by atoms with Crippen LogP contribution in [0.15, 0.2) is 0 Å². The largest absolute Gasteiger partial charge is 0.331 e. The number of nitrogens with zero attached hydrogens (tertiary/aromatic N) is 5. The fourth-order valence-electron chi connectivity index (χ4n) is 9.78. The van der Waals surface area contributed by atoms with Gasteiger partial charge in [-0.1, -0.05) is 25.7 Å². The summed E-state index contributed by atoms with van der Waals surface area (Å²) in [5.74, 6) is 3.44. The molecule has 8 nitrogen and oxygen atoms in total. The van der Waals surface area contributed by atoms with Gasteiger partial charge in [-0.05, 0) is 86.9 Å². The topological polar surface area (TPSA) is 88.0 Å². The predicted octanol–water partition coefficient (Wildman–Crippen LogP) is 5.10. The monoisotopic (exact) mass is 553 g/mol. The van der Waals surface area contributed by atoms with E-state index in [2.05, 4.69) is 6.07 Å². The minimum atomic E-state index is -0.0703. The van der Waals surface area contributed by atoms with Gasteiger partial charge in [0.15, 0.2) is 0 Å². The molecule has 0 spiro atoms. The molecule has 40 heavy (non-hydrogen) atoms. The number of rotatable bonds is 3. The van der Waals surface area contributed by atoms with Crippen LogP contribution >= 0.6 is 0 Å². The first kappa shape index (κ1) is 29.2. The molecule has 0 bridgehead atoms. The predicted molar refractivity (Wildman–Crippen MR) is 154 cm³/mol. The molecule has 6 fully saturated rings. The van der Waals surface area contributed by atoms with Crippen LogP contribution in [0.5, 0.6) is 0 Å². The molecule has 8 heteroatoms. The van der Waals surface area contributed by atoms with Gasteiger partial charge in [0.05, 0.1) is 11.5 Å². The van der Waals surface area contributed by atoms with Gasteiger partial charge in [-0.25, -0.2) is 9.59 Å². The molecule has 0 N–H and O–H groups in total. The van der Waals surface area contributed by atoms with Crippen molar-refractivity contribution in [2.24, 2.45) is 46.3 Å². The maximum atomic E-state index is 12.1. The number of likely N-dealkylation sites (tertiary alicyclic amines) is 2. The van der Waals surface area contributed by atoms with Crippen molar-refractivity contribution >= 4 is 18.3 Å². The van der Waals surface area contributed by atoms with Crippen LogP contribution in [-0.4, -0.2) is 92.3 Å². The summed E-state index contributed by atoms with van der Waals surface area (Å²) < 4.78 is 0. The molecule has 2 heterocycles. The third kappa shape index (κ3) is 5.34. The molecule has 4 atom stereocenters. The Morgan fingerprint density at radius 2 is 1.07 bits per heavy atom. The first-order valence-corrected chi connectivity index (χ1v) is 15.9. The zero-order valence-corrected chi connectivity index (χ0v) is 25.3. The van der Waals surface area contributed by atoms with Gasteiger partial charge in [-0.2, -0.15) is 5.26 Å². The molecule has 222 valence electrons. The molecule has 6 rings (SSSR count). The van der Waals surface area contributed by atoms with E-state index in [9.17, 15) is 19.6 Å². The van der Waals surface area contributed by atoms with E-state index in [1.165, 1.54) is 57.7 Å². The zero-order valence-electron chi connectivity index (χ0n) is 25.3. The number of aldehydes is 1. The summed E-state index contributed by atoms with van der Waals surface area (Å²) in [6.45, 7) is 3.42. The highest BCUT2D eigenvalue weighted by atomic mass is 16.2. The summed E-state index contributed by atoms with van der Waals surface area (Å²) in [7, 11) is 7.25. The molecule has 6 aliphatic rings. The van der Waals surface area contributed by atoms with Crippen molar-refractivity contribution in [3.8, 4) is 6.07 Å². The Kier molecular flexibility index (Phi) is 8.42. The molecule has 0 radical (unpaired) electrons. The average molecular weight is 554 g/mol. The number of carbonyl (C=O) groups is 3. The van der Waals surface area contributed by atoms with Crippen LogP contribution in [0.25, 0.3) is 0 Å². The smallest absolute Gasteiger partial charge is 0.319 e. The number of hydrogen-bond acceptors (Lipinski definition) is 4. The Morgan fingerprint density at radius 3 is 1.43 bits per heavy atom. The quantitative estimate of drug-likeness (QED) is 0.455. The van der Waals surface area contributed by atoms with Crippen LogP contribution in [0.2, 0.25) is 0 Å². The van der Waals surface area contributed by atoms with Crippen molar-refractivity contribution in [1.29, 1.82) is 5.26 Å². The summed E-state index contributed by atoms with van der Waals surface area (Å²) in [5, 5.41) is 9.76. The minimum absolute atomic E-state index is 0.0565. The van der Waals surface area contributed by atoms with Gasteiger partial charge in [0.1, 0.15) is 6.29 Å². The van der Waals surface area contributed by atoms with Crippen LogP contribution in [-0.2, 0) is 4.79 Å². The Bertz CT molecular complexity index is 965. The standard InChI is InChI=1S/C16H25N3O.C16H26N2O2/c1-18(2)15(20)19-9-12-7-16(11-17,8-13(12)10-19)14-5-3-4-6-14;1-17(2)15(20)18-9-12-7-16(11-19,8-13(12)10-18)14-5-3-4-6-14/h12-14H,3-10H2,1-2H3;11-14H,3-10H2,1-2H3. The van der Waals surface area contributed by atoms with Crippen molar-refractivity contribution in [1.82, 2.24) is 19.6 Å². The maximum Gasteiger partial charge on any atom is 0.319 e. The van der Waals surface area contributed by atoms with E-state index in [-0.39, 0.29) is 22.9 Å². The van der Waals surface area contributed by atoms with Crippen LogP contribution in [0.4, 0.5) is 9.59 Å². The first-order chi connectivity index (χ1) is 19.1. The van der Waals surface area contributed by atoms with Gasteiger partial charge in [-0.15, -0.1) is 0 Å². The lowest BCUT2D eigenvalue weighted by atomic mass is 9.73. The van der Waals surface area contributed by atoms with Gasteiger partial charge in [-0.3, -0.25) is 0 Å². The van der Waals surface area contributed by atoms with Gasteiger partial charge in [0.25, 0.3) is 0 Å². The highest BCUT2D eigenvalue weighted by Gasteiger charge is 2.55. The summed E-state index contributed by atoms with van der Waals surface area (Å²) >= 11 is 0. The number of carbonyl (C=O) groups excluding carboxylic acids is 3. The molecule has 2 aliphatic heterocycles. The number of fused-ring (bicyclic) bond motifs is 2. The summed E-state index contributed by atoms with van der Waals surface area (Å²) in [4.78, 5) is 43.1. The van der Waals surface area contributed by atoms with Gasteiger partial charge >= 0.3 is 12.1 Å². The van der Waals surface area contributed by atoms with Gasteiger partial charge in [0, 0.05) is 59.8 Å². The average Bonchev–Trinajstić information content (AvgIpc) is 3.75. The SMILES string of the molecule is CN(C)C(=O)N1CC2CC(C#N)(C3CCCC3)CC2C1.CN(C)C(=O)N1CC2CC(C=O)(C3CCCC3)CC2C1. The molecule has 2 saturated heterocycles. The lowest BCUT2D eigenvalue weighted by Crippen LogP contribution is -2.39. The maximum absolute atomic E-state index is 12.1. The van der Waals surface area contributed by atoms with E-state index in [1.54, 1.807) is 9.80 Å². The van der Waals surface area contributed by atoms with Crippen molar-refractivity contribution in [3.05, 3.63) is 0 Å². The van der Waals surface area contributed by atoms with E-state index in [1.807, 2.05) is 38.0 Å². The van der Waals surface area contributed by atoms with Crippen molar-refractivity contribution in [3.63, 3.8) is 0 Å². The summed E-state index contributed by atoms with van der Waals surface area (Å²) in [6, 6.07) is 2.95. The lowest BCUT2D eigenvalue weighted by molar-refractivity contribution is -0.119. The van der Waals surface area contributed by atoms with Crippen LogP contribution in [0, 0.1) is 57.7 Å². The Labute approximate surface area is 241 Å². The van der Waals surface area contributed by atoms with Crippen molar-refractivity contribution in [2.75, 3.05) is 54.4 Å². The molecule has 4 saturated carbocycles. The fraction of sp³-hybridized carbons (Fsp3) is 0.875. The second-order valence-corrected chi connectivity index (χ2v) is 14.6. The minimum Gasteiger partial charge on any atom is -0.331 e. The normalized spacial score (nSPS) is 37.1. The first-order valence-electron chi connectivity index (χ1n) is 15.9. The summed E-state index contributed by atoms with van der Waals surface area (Å²) in [5.41, 5.74) is -0.127. The van der Waals surface area contributed by atoms with E-state index >= 15 is 0 Å². The highest BCUT2D eigenvalue weighted by molar-refractivity contribution is 5.74. The van der Waals surface area contributed by atoms with Crippen LogP contribution < -0.4 is 0 Å². The Hall–Kier alpha value is -2.30. The van der Waals surface area contributed by atoms with E-state index in [4.69, 9.17) is 0 Å².